The van der Waals surface area contributed by atoms with Crippen molar-refractivity contribution in [2.24, 2.45) is 5.73 Å². The third-order valence-corrected chi connectivity index (χ3v) is 7.15. The molecule has 6 nitrogen and oxygen atoms in total. The van der Waals surface area contributed by atoms with E-state index in [-0.39, 0.29) is 11.9 Å². The second-order valence-electron chi connectivity index (χ2n) is 7.77. The Morgan fingerprint density at radius 1 is 1.28 bits per heavy atom. The predicted octanol–water partition coefficient (Wildman–Crippen LogP) is 3.04. The highest BCUT2D eigenvalue weighted by molar-refractivity contribution is 7.99. The number of aromatic nitrogens is 2. The maximum Gasteiger partial charge on any atom is 0.239 e. The molecule has 1 saturated heterocycles. The van der Waals surface area contributed by atoms with Crippen LogP contribution in [0.1, 0.15) is 35.9 Å². The van der Waals surface area contributed by atoms with Crippen LogP contribution in [0.5, 0.6) is 0 Å². The predicted molar refractivity (Wildman–Crippen MR) is 118 cm³/mol. The zero-order valence-corrected chi connectivity index (χ0v) is 18.3. The van der Waals surface area contributed by atoms with Crippen LogP contribution >= 0.6 is 23.4 Å². The number of benzene rings is 1. The van der Waals surface area contributed by atoms with E-state index in [0.29, 0.717) is 29.8 Å². The van der Waals surface area contributed by atoms with E-state index in [1.807, 2.05) is 40.9 Å². The monoisotopic (exact) mass is 431 g/mol. The molecule has 3 atom stereocenters. The van der Waals surface area contributed by atoms with E-state index in [0.717, 1.165) is 29.4 Å². The summed E-state index contributed by atoms with van der Waals surface area (Å²) in [5.41, 5.74) is 9.65. The lowest BCUT2D eigenvalue weighted by Crippen LogP contribution is -2.57. The van der Waals surface area contributed by atoms with Gasteiger partial charge in [0.05, 0.1) is 11.7 Å². The van der Waals surface area contributed by atoms with E-state index in [4.69, 9.17) is 17.3 Å². The van der Waals surface area contributed by atoms with Crippen molar-refractivity contribution in [1.29, 1.82) is 0 Å². The molecule has 1 aromatic carbocycles. The first-order chi connectivity index (χ1) is 13.9. The first kappa shape index (κ1) is 20.4. The van der Waals surface area contributed by atoms with Crippen LogP contribution in [-0.2, 0) is 17.0 Å². The Hall–Kier alpha value is -1.83. The molecule has 2 N–H and O–H groups in total. The molecule has 1 fully saturated rings. The highest BCUT2D eigenvalue weighted by Gasteiger charge is 2.34. The number of carbonyl (C=O) groups excluding carboxylic acids is 1. The quantitative estimate of drug-likeness (QED) is 0.801. The van der Waals surface area contributed by atoms with Crippen LogP contribution in [0.3, 0.4) is 0 Å². The first-order valence-corrected chi connectivity index (χ1v) is 11.4. The van der Waals surface area contributed by atoms with Gasteiger partial charge in [-0.05, 0) is 38.0 Å². The molecule has 4 rings (SSSR count). The second-order valence-corrected chi connectivity index (χ2v) is 9.54. The van der Waals surface area contributed by atoms with E-state index in [1.54, 1.807) is 6.33 Å². The lowest BCUT2D eigenvalue weighted by molar-refractivity contribution is -0.133. The van der Waals surface area contributed by atoms with Crippen LogP contribution < -0.4 is 10.6 Å². The van der Waals surface area contributed by atoms with Gasteiger partial charge in [0.25, 0.3) is 0 Å². The van der Waals surface area contributed by atoms with Crippen LogP contribution in [0.15, 0.2) is 30.6 Å². The number of carbonyl (C=O) groups is 1. The Kier molecular flexibility index (Phi) is 5.99. The fourth-order valence-corrected chi connectivity index (χ4v) is 5.31. The number of halogens is 1. The smallest absolute Gasteiger partial charge is 0.239 e. The topological polar surface area (TPSA) is 75.4 Å². The van der Waals surface area contributed by atoms with E-state index in [9.17, 15) is 4.79 Å². The average Bonchev–Trinajstić information content (AvgIpc) is 3.10. The Morgan fingerprint density at radius 2 is 2.03 bits per heavy atom. The van der Waals surface area contributed by atoms with Crippen molar-refractivity contribution in [2.45, 2.75) is 43.4 Å². The van der Waals surface area contributed by atoms with Crippen LogP contribution in [0.2, 0.25) is 5.02 Å². The zero-order valence-electron chi connectivity index (χ0n) is 16.7. The summed E-state index contributed by atoms with van der Waals surface area (Å²) in [6.45, 7) is 6.40. The van der Waals surface area contributed by atoms with Crippen molar-refractivity contribution >= 4 is 35.1 Å². The number of anilines is 1. The normalized spacial score (nSPS) is 22.5. The lowest BCUT2D eigenvalue weighted by Gasteiger charge is -2.42. The summed E-state index contributed by atoms with van der Waals surface area (Å²) >= 11 is 7.83. The fraction of sp³-hybridized carbons (Fsp3) is 0.476. The molecular formula is C21H26ClN5OS. The number of nitrogens with two attached hydrogens (primary N) is 1. The van der Waals surface area contributed by atoms with Crippen LogP contribution in [0.25, 0.3) is 0 Å². The van der Waals surface area contributed by atoms with Gasteiger partial charge in [-0.3, -0.25) is 4.79 Å². The molecule has 0 radical (unpaired) electrons. The SMILES string of the molecule is C[C@H]1SCc2ncnc(N3CCN(C(=O)[C@H](N)Cc4ccc(Cl)cc4)C[C@@H]3C)c21. The first-order valence-electron chi connectivity index (χ1n) is 9.95. The molecule has 0 saturated carbocycles. The molecule has 0 unspecified atom stereocenters. The Morgan fingerprint density at radius 3 is 2.76 bits per heavy atom. The van der Waals surface area contributed by atoms with Gasteiger partial charge in [-0.15, -0.1) is 11.8 Å². The second kappa shape index (κ2) is 8.50. The van der Waals surface area contributed by atoms with Crippen LogP contribution in [-0.4, -0.2) is 52.5 Å². The Bertz CT molecular complexity index is 893. The maximum absolute atomic E-state index is 12.9. The number of hydrogen-bond donors (Lipinski definition) is 1. The standard InChI is InChI=1S/C21H26ClN5OS/c1-13-10-26(21(28)17(23)9-15-3-5-16(22)6-4-15)7-8-27(13)20-19-14(2)29-11-18(19)24-12-25-20/h3-6,12-14,17H,7-11,23H2,1-2H3/t13-,14+,17+/m0/s1. The van der Waals surface area contributed by atoms with Crippen LogP contribution in [0.4, 0.5) is 5.82 Å². The van der Waals surface area contributed by atoms with Crippen LogP contribution in [0, 0.1) is 0 Å². The van der Waals surface area contributed by atoms with Gasteiger partial charge in [-0.25, -0.2) is 9.97 Å². The van der Waals surface area contributed by atoms with Gasteiger partial charge in [-0.2, -0.15) is 0 Å². The molecule has 0 aliphatic carbocycles. The van der Waals surface area contributed by atoms with Gasteiger partial charge in [0, 0.05) is 47.3 Å². The molecule has 29 heavy (non-hydrogen) atoms. The van der Waals surface area contributed by atoms with Crippen molar-refractivity contribution in [3.63, 3.8) is 0 Å². The van der Waals surface area contributed by atoms with Crippen molar-refractivity contribution in [1.82, 2.24) is 14.9 Å². The molecule has 3 heterocycles. The number of hydrogen-bond acceptors (Lipinski definition) is 6. The molecule has 0 bridgehead atoms. The van der Waals surface area contributed by atoms with Gasteiger partial charge in [-0.1, -0.05) is 23.7 Å². The van der Waals surface area contributed by atoms with Crippen molar-refractivity contribution in [3.8, 4) is 0 Å². The molecule has 2 aliphatic heterocycles. The van der Waals surface area contributed by atoms with Gasteiger partial charge in [0.15, 0.2) is 0 Å². The minimum absolute atomic E-state index is 0.00305. The van der Waals surface area contributed by atoms with Crippen molar-refractivity contribution in [3.05, 3.63) is 52.4 Å². The number of nitrogens with zero attached hydrogens (tertiary/aromatic N) is 4. The molecule has 1 aromatic heterocycles. The Balaban J connectivity index is 1.42. The van der Waals surface area contributed by atoms with Crippen molar-refractivity contribution in [2.75, 3.05) is 24.5 Å². The maximum atomic E-state index is 12.9. The highest BCUT2D eigenvalue weighted by atomic mass is 35.5. The number of amides is 1. The summed E-state index contributed by atoms with van der Waals surface area (Å²) in [5.74, 6) is 1.97. The Labute approximate surface area is 180 Å². The largest absolute Gasteiger partial charge is 0.350 e. The van der Waals surface area contributed by atoms with Gasteiger partial charge < -0.3 is 15.5 Å². The van der Waals surface area contributed by atoms with Crippen molar-refractivity contribution < 1.29 is 4.79 Å². The van der Waals surface area contributed by atoms with Gasteiger partial charge >= 0.3 is 0 Å². The highest BCUT2D eigenvalue weighted by Crippen LogP contribution is 2.44. The van der Waals surface area contributed by atoms with E-state index in [1.165, 1.54) is 5.56 Å². The average molecular weight is 432 g/mol. The van der Waals surface area contributed by atoms with E-state index in [2.05, 4.69) is 28.7 Å². The summed E-state index contributed by atoms with van der Waals surface area (Å²) < 4.78 is 0. The third-order valence-electron chi connectivity index (χ3n) is 5.72. The lowest BCUT2D eigenvalue weighted by atomic mass is 10.0. The summed E-state index contributed by atoms with van der Waals surface area (Å²) in [6.07, 6.45) is 2.18. The molecule has 154 valence electrons. The molecule has 2 aromatic rings. The summed E-state index contributed by atoms with van der Waals surface area (Å²) in [4.78, 5) is 26.2. The number of piperazine rings is 1. The third kappa shape index (κ3) is 4.22. The number of rotatable bonds is 4. The molecule has 1 amide bonds. The summed E-state index contributed by atoms with van der Waals surface area (Å²) in [7, 11) is 0. The summed E-state index contributed by atoms with van der Waals surface area (Å²) in [5, 5.41) is 1.09. The van der Waals surface area contributed by atoms with Gasteiger partial charge in [0.2, 0.25) is 5.91 Å². The minimum Gasteiger partial charge on any atom is -0.350 e. The molecule has 8 heteroatoms. The molecular weight excluding hydrogens is 406 g/mol. The molecule has 0 spiro atoms. The van der Waals surface area contributed by atoms with Gasteiger partial charge in [0.1, 0.15) is 12.1 Å². The molecule has 2 aliphatic rings. The number of thioether (sulfide) groups is 1. The number of fused-ring (bicyclic) bond motifs is 1. The zero-order chi connectivity index (χ0) is 20.5. The van der Waals surface area contributed by atoms with E-state index >= 15 is 0 Å². The minimum atomic E-state index is -0.547. The summed E-state index contributed by atoms with van der Waals surface area (Å²) in [6, 6.07) is 7.13. The van der Waals surface area contributed by atoms with E-state index < -0.39 is 6.04 Å². The fourth-order valence-electron chi connectivity index (χ4n) is 4.14.